The Morgan fingerprint density at radius 2 is 1.83 bits per heavy atom. The van der Waals surface area contributed by atoms with E-state index in [1.165, 1.54) is 11.8 Å². The van der Waals surface area contributed by atoms with Crippen molar-refractivity contribution in [2.75, 3.05) is 32.0 Å². The molecule has 1 saturated heterocycles. The van der Waals surface area contributed by atoms with Gasteiger partial charge in [-0.2, -0.15) is 0 Å². The molecule has 0 spiro atoms. The largest absolute Gasteiger partial charge is 0.397 e. The predicted molar refractivity (Wildman–Crippen MR) is 92.4 cm³/mol. The molecule has 0 aliphatic carbocycles. The van der Waals surface area contributed by atoms with Crippen LogP contribution in [0.25, 0.3) is 0 Å². The van der Waals surface area contributed by atoms with Gasteiger partial charge >= 0.3 is 0 Å². The molecule has 0 saturated carbocycles. The van der Waals surface area contributed by atoms with Gasteiger partial charge in [0.1, 0.15) is 5.69 Å². The van der Waals surface area contributed by atoms with Gasteiger partial charge in [-0.25, -0.2) is 4.98 Å². The Kier molecular flexibility index (Phi) is 5.40. The van der Waals surface area contributed by atoms with Crippen LogP contribution in [0.4, 0.5) is 5.69 Å². The van der Waals surface area contributed by atoms with Crippen molar-refractivity contribution in [3.63, 3.8) is 0 Å². The molecule has 1 aromatic carbocycles. The molecule has 0 radical (unpaired) electrons. The molecule has 126 valence electrons. The molecule has 1 fully saturated rings. The quantitative estimate of drug-likeness (QED) is 0.869. The highest BCUT2D eigenvalue weighted by Crippen LogP contribution is 2.09. The Balaban J connectivity index is 1.50. The standard InChI is InChI=1S/C18H22N4O2/c19-16-5-6-17(20-12-16)18(23)21-11-14-1-3-15(4-2-14)13-22-7-9-24-10-8-22/h1-6,12H,7-11,13,19H2,(H,21,23). The Hall–Kier alpha value is -2.44. The minimum absolute atomic E-state index is 0.201. The summed E-state index contributed by atoms with van der Waals surface area (Å²) in [5.41, 5.74) is 8.81. The second-order valence-corrected chi connectivity index (χ2v) is 5.86. The first-order valence-electron chi connectivity index (χ1n) is 8.08. The number of benzene rings is 1. The Morgan fingerprint density at radius 1 is 1.12 bits per heavy atom. The maximum absolute atomic E-state index is 12.0. The molecule has 1 aromatic heterocycles. The lowest BCUT2D eigenvalue weighted by atomic mass is 10.1. The molecule has 24 heavy (non-hydrogen) atoms. The molecule has 2 heterocycles. The SMILES string of the molecule is Nc1ccc(C(=O)NCc2ccc(CN3CCOCC3)cc2)nc1. The Bertz CT molecular complexity index is 664. The van der Waals surface area contributed by atoms with Gasteiger partial charge in [-0.05, 0) is 23.3 Å². The number of hydrogen-bond donors (Lipinski definition) is 2. The van der Waals surface area contributed by atoms with Crippen LogP contribution in [0.1, 0.15) is 21.6 Å². The maximum atomic E-state index is 12.0. The maximum Gasteiger partial charge on any atom is 0.270 e. The van der Waals surface area contributed by atoms with Crippen molar-refractivity contribution < 1.29 is 9.53 Å². The van der Waals surface area contributed by atoms with Crippen LogP contribution in [0.3, 0.4) is 0 Å². The summed E-state index contributed by atoms with van der Waals surface area (Å²) in [6.07, 6.45) is 1.48. The number of nitrogens with one attached hydrogen (secondary N) is 1. The van der Waals surface area contributed by atoms with Crippen LogP contribution in [0, 0.1) is 0 Å². The van der Waals surface area contributed by atoms with Gasteiger partial charge in [-0.3, -0.25) is 9.69 Å². The second kappa shape index (κ2) is 7.90. The van der Waals surface area contributed by atoms with Gasteiger partial charge in [0, 0.05) is 26.2 Å². The zero-order valence-electron chi connectivity index (χ0n) is 13.6. The summed E-state index contributed by atoms with van der Waals surface area (Å²) < 4.78 is 5.36. The van der Waals surface area contributed by atoms with Crippen molar-refractivity contribution in [3.05, 3.63) is 59.4 Å². The zero-order chi connectivity index (χ0) is 16.8. The fourth-order valence-electron chi connectivity index (χ4n) is 2.59. The van der Waals surface area contributed by atoms with Crippen LogP contribution >= 0.6 is 0 Å². The summed E-state index contributed by atoms with van der Waals surface area (Å²) in [4.78, 5) is 18.4. The number of aromatic nitrogens is 1. The van der Waals surface area contributed by atoms with Gasteiger partial charge in [0.05, 0.1) is 25.1 Å². The molecule has 1 amide bonds. The van der Waals surface area contributed by atoms with Crippen molar-refractivity contribution in [1.29, 1.82) is 0 Å². The molecule has 0 unspecified atom stereocenters. The zero-order valence-corrected chi connectivity index (χ0v) is 13.6. The van der Waals surface area contributed by atoms with Crippen molar-refractivity contribution in [1.82, 2.24) is 15.2 Å². The lowest BCUT2D eigenvalue weighted by molar-refractivity contribution is 0.0342. The third-order valence-electron chi connectivity index (χ3n) is 4.00. The van der Waals surface area contributed by atoms with Crippen molar-refractivity contribution in [3.8, 4) is 0 Å². The number of nitrogens with zero attached hydrogens (tertiary/aromatic N) is 2. The topological polar surface area (TPSA) is 80.5 Å². The summed E-state index contributed by atoms with van der Waals surface area (Å²) in [5, 5.41) is 2.87. The highest BCUT2D eigenvalue weighted by atomic mass is 16.5. The summed E-state index contributed by atoms with van der Waals surface area (Å²) in [7, 11) is 0. The van der Waals surface area contributed by atoms with Gasteiger partial charge in [-0.1, -0.05) is 24.3 Å². The number of anilines is 1. The first-order chi connectivity index (χ1) is 11.7. The molecule has 2 aromatic rings. The lowest BCUT2D eigenvalue weighted by Crippen LogP contribution is -2.35. The number of nitrogen functional groups attached to an aromatic ring is 1. The number of pyridine rings is 1. The summed E-state index contributed by atoms with van der Waals surface area (Å²) in [6.45, 7) is 4.99. The van der Waals surface area contributed by atoms with E-state index in [2.05, 4.69) is 27.3 Å². The average Bonchev–Trinajstić information content (AvgIpc) is 2.62. The van der Waals surface area contributed by atoms with Crippen LogP contribution in [0.5, 0.6) is 0 Å². The molecule has 0 atom stereocenters. The van der Waals surface area contributed by atoms with E-state index in [-0.39, 0.29) is 5.91 Å². The van der Waals surface area contributed by atoms with Crippen LogP contribution < -0.4 is 11.1 Å². The van der Waals surface area contributed by atoms with E-state index in [1.54, 1.807) is 12.1 Å². The van der Waals surface area contributed by atoms with Gasteiger partial charge in [-0.15, -0.1) is 0 Å². The van der Waals surface area contributed by atoms with Crippen molar-refractivity contribution >= 4 is 11.6 Å². The summed E-state index contributed by atoms with van der Waals surface area (Å²) in [5.74, 6) is -0.201. The molecular weight excluding hydrogens is 304 g/mol. The van der Waals surface area contributed by atoms with E-state index in [4.69, 9.17) is 10.5 Å². The van der Waals surface area contributed by atoms with Crippen LogP contribution in [-0.4, -0.2) is 42.1 Å². The Labute approximate surface area is 141 Å². The smallest absolute Gasteiger partial charge is 0.270 e. The highest BCUT2D eigenvalue weighted by molar-refractivity contribution is 5.92. The van der Waals surface area contributed by atoms with Crippen LogP contribution in [-0.2, 0) is 17.8 Å². The van der Waals surface area contributed by atoms with Crippen molar-refractivity contribution in [2.24, 2.45) is 0 Å². The molecule has 1 aliphatic heterocycles. The monoisotopic (exact) mass is 326 g/mol. The molecule has 3 N–H and O–H groups in total. The molecule has 6 nitrogen and oxygen atoms in total. The fraction of sp³-hybridized carbons (Fsp3) is 0.333. The van der Waals surface area contributed by atoms with Crippen molar-refractivity contribution in [2.45, 2.75) is 13.1 Å². The van der Waals surface area contributed by atoms with E-state index >= 15 is 0 Å². The average molecular weight is 326 g/mol. The van der Waals surface area contributed by atoms with Gasteiger partial charge in [0.15, 0.2) is 0 Å². The molecule has 0 bridgehead atoms. The minimum Gasteiger partial charge on any atom is -0.397 e. The third-order valence-corrected chi connectivity index (χ3v) is 4.00. The molecule has 6 heteroatoms. The normalized spacial score (nSPS) is 15.2. The van der Waals surface area contributed by atoms with Crippen LogP contribution in [0.2, 0.25) is 0 Å². The van der Waals surface area contributed by atoms with E-state index in [0.29, 0.717) is 17.9 Å². The molecular formula is C18H22N4O2. The highest BCUT2D eigenvalue weighted by Gasteiger charge is 2.10. The molecule has 1 aliphatic rings. The predicted octanol–water partition coefficient (Wildman–Crippen LogP) is 1.43. The lowest BCUT2D eigenvalue weighted by Gasteiger charge is -2.26. The number of amides is 1. The first-order valence-corrected chi connectivity index (χ1v) is 8.08. The van der Waals surface area contributed by atoms with Gasteiger partial charge < -0.3 is 15.8 Å². The van der Waals surface area contributed by atoms with E-state index in [0.717, 1.165) is 38.4 Å². The van der Waals surface area contributed by atoms with Gasteiger partial charge in [0.2, 0.25) is 0 Å². The summed E-state index contributed by atoms with van der Waals surface area (Å²) >= 11 is 0. The number of morpholine rings is 1. The third kappa shape index (κ3) is 4.53. The number of rotatable bonds is 5. The van der Waals surface area contributed by atoms with E-state index < -0.39 is 0 Å². The minimum atomic E-state index is -0.201. The fourth-order valence-corrected chi connectivity index (χ4v) is 2.59. The van der Waals surface area contributed by atoms with Crippen LogP contribution in [0.15, 0.2) is 42.6 Å². The molecule has 3 rings (SSSR count). The first kappa shape index (κ1) is 16.4. The number of nitrogens with two attached hydrogens (primary N) is 1. The Morgan fingerprint density at radius 3 is 2.50 bits per heavy atom. The van der Waals surface area contributed by atoms with Gasteiger partial charge in [0.25, 0.3) is 5.91 Å². The number of hydrogen-bond acceptors (Lipinski definition) is 5. The number of carbonyl (C=O) groups is 1. The van der Waals surface area contributed by atoms with E-state index in [1.807, 2.05) is 12.1 Å². The van der Waals surface area contributed by atoms with E-state index in [9.17, 15) is 4.79 Å². The summed E-state index contributed by atoms with van der Waals surface area (Å²) in [6, 6.07) is 11.6. The second-order valence-electron chi connectivity index (χ2n) is 5.86. The number of carbonyl (C=O) groups excluding carboxylic acids is 1. The number of ether oxygens (including phenoxy) is 1.